The first kappa shape index (κ1) is 11.4. The average molecular weight is 209 g/mol. The van der Waals surface area contributed by atoms with Gasteiger partial charge in [0.2, 0.25) is 0 Å². The van der Waals surface area contributed by atoms with Crippen LogP contribution in [0.5, 0.6) is 0 Å². The monoisotopic (exact) mass is 209 g/mol. The molecule has 2 aliphatic carbocycles. The van der Waals surface area contributed by atoms with Gasteiger partial charge in [-0.3, -0.25) is 0 Å². The van der Waals surface area contributed by atoms with E-state index in [-0.39, 0.29) is 5.54 Å². The molecule has 0 saturated heterocycles. The Bertz CT molecular complexity index is 248. The zero-order valence-corrected chi connectivity index (χ0v) is 10.9. The summed E-state index contributed by atoms with van der Waals surface area (Å²) >= 11 is 0. The van der Waals surface area contributed by atoms with Crippen molar-refractivity contribution in [3.05, 3.63) is 0 Å². The molecule has 0 aliphatic heterocycles. The summed E-state index contributed by atoms with van der Waals surface area (Å²) in [6.45, 7) is 9.66. The second-order valence-electron chi connectivity index (χ2n) is 7.34. The van der Waals surface area contributed by atoms with E-state index in [0.29, 0.717) is 10.8 Å². The normalized spacial score (nSPS) is 33.8. The number of rotatable bonds is 2. The van der Waals surface area contributed by atoms with Gasteiger partial charge in [0, 0.05) is 5.54 Å². The first-order chi connectivity index (χ1) is 6.77. The van der Waals surface area contributed by atoms with Crippen LogP contribution in [-0.4, -0.2) is 5.54 Å². The highest BCUT2D eigenvalue weighted by Crippen LogP contribution is 2.56. The number of nitrogens with two attached hydrogens (primary N) is 1. The van der Waals surface area contributed by atoms with Crippen molar-refractivity contribution in [2.24, 2.45) is 22.5 Å². The lowest BCUT2D eigenvalue weighted by atomic mass is 9.60. The molecule has 2 rings (SSSR count). The molecule has 0 radical (unpaired) electrons. The quantitative estimate of drug-likeness (QED) is 0.737. The molecule has 1 unspecified atom stereocenters. The van der Waals surface area contributed by atoms with Crippen LogP contribution in [0.15, 0.2) is 0 Å². The Labute approximate surface area is 94.8 Å². The topological polar surface area (TPSA) is 26.0 Å². The molecule has 1 heteroatoms. The SMILES string of the molecule is CC1(C)CCCC(C(C)(C)C2(N)CC2)C1. The molecule has 2 aliphatic rings. The minimum Gasteiger partial charge on any atom is -0.325 e. The van der Waals surface area contributed by atoms with E-state index in [1.54, 1.807) is 0 Å². The van der Waals surface area contributed by atoms with Gasteiger partial charge in [0.25, 0.3) is 0 Å². The Kier molecular flexibility index (Phi) is 2.46. The van der Waals surface area contributed by atoms with Crippen LogP contribution in [-0.2, 0) is 0 Å². The second-order valence-corrected chi connectivity index (χ2v) is 7.34. The summed E-state index contributed by atoms with van der Waals surface area (Å²) in [6.07, 6.45) is 8.07. The third kappa shape index (κ3) is 1.95. The van der Waals surface area contributed by atoms with Crippen molar-refractivity contribution < 1.29 is 0 Å². The summed E-state index contributed by atoms with van der Waals surface area (Å²) in [5.41, 5.74) is 7.51. The van der Waals surface area contributed by atoms with Gasteiger partial charge in [-0.25, -0.2) is 0 Å². The third-order valence-electron chi connectivity index (χ3n) is 5.30. The molecule has 15 heavy (non-hydrogen) atoms. The van der Waals surface area contributed by atoms with E-state index in [1.807, 2.05) is 0 Å². The Hall–Kier alpha value is -0.0400. The van der Waals surface area contributed by atoms with Crippen LogP contribution in [0.2, 0.25) is 0 Å². The maximum Gasteiger partial charge on any atom is 0.0210 e. The molecule has 1 nitrogen and oxygen atoms in total. The lowest BCUT2D eigenvalue weighted by Gasteiger charge is -2.46. The molecule has 2 N–H and O–H groups in total. The van der Waals surface area contributed by atoms with Crippen molar-refractivity contribution in [2.75, 3.05) is 0 Å². The average Bonchev–Trinajstić information content (AvgIpc) is 2.83. The third-order valence-corrected chi connectivity index (χ3v) is 5.30. The molecule has 0 aromatic heterocycles. The van der Waals surface area contributed by atoms with Crippen molar-refractivity contribution in [1.82, 2.24) is 0 Å². The molecule has 0 aromatic rings. The zero-order valence-electron chi connectivity index (χ0n) is 10.9. The Balaban J connectivity index is 2.10. The highest BCUT2D eigenvalue weighted by molar-refractivity contribution is 5.11. The van der Waals surface area contributed by atoms with E-state index in [1.165, 1.54) is 38.5 Å². The Morgan fingerprint density at radius 2 is 1.73 bits per heavy atom. The van der Waals surface area contributed by atoms with Gasteiger partial charge in [0.15, 0.2) is 0 Å². The maximum absolute atomic E-state index is 6.44. The van der Waals surface area contributed by atoms with Gasteiger partial charge in [-0.15, -0.1) is 0 Å². The fourth-order valence-electron chi connectivity index (χ4n) is 3.50. The minimum atomic E-state index is 0.172. The summed E-state index contributed by atoms with van der Waals surface area (Å²) in [4.78, 5) is 0. The van der Waals surface area contributed by atoms with Crippen molar-refractivity contribution in [2.45, 2.75) is 71.8 Å². The van der Waals surface area contributed by atoms with Crippen molar-refractivity contribution >= 4 is 0 Å². The molecule has 0 spiro atoms. The van der Waals surface area contributed by atoms with Gasteiger partial charge in [-0.1, -0.05) is 34.1 Å². The molecule has 0 amide bonds. The smallest absolute Gasteiger partial charge is 0.0210 e. The first-order valence-electron chi connectivity index (χ1n) is 6.56. The number of hydrogen-bond acceptors (Lipinski definition) is 1. The van der Waals surface area contributed by atoms with Crippen molar-refractivity contribution in [1.29, 1.82) is 0 Å². The van der Waals surface area contributed by atoms with E-state index in [9.17, 15) is 0 Å². The summed E-state index contributed by atoms with van der Waals surface area (Å²) in [5, 5.41) is 0. The minimum absolute atomic E-state index is 0.172. The van der Waals surface area contributed by atoms with E-state index in [4.69, 9.17) is 5.73 Å². The van der Waals surface area contributed by atoms with Crippen LogP contribution < -0.4 is 5.73 Å². The highest BCUT2D eigenvalue weighted by atomic mass is 14.9. The summed E-state index contributed by atoms with van der Waals surface area (Å²) in [5.74, 6) is 0.841. The van der Waals surface area contributed by atoms with Crippen molar-refractivity contribution in [3.8, 4) is 0 Å². The first-order valence-corrected chi connectivity index (χ1v) is 6.56. The van der Waals surface area contributed by atoms with E-state index >= 15 is 0 Å². The van der Waals surface area contributed by atoms with E-state index in [2.05, 4.69) is 27.7 Å². The summed E-state index contributed by atoms with van der Waals surface area (Å²) in [7, 11) is 0. The van der Waals surface area contributed by atoms with E-state index in [0.717, 1.165) is 5.92 Å². The Morgan fingerprint density at radius 3 is 2.20 bits per heavy atom. The lowest BCUT2D eigenvalue weighted by Crippen LogP contribution is -2.47. The molecule has 88 valence electrons. The summed E-state index contributed by atoms with van der Waals surface area (Å²) in [6, 6.07) is 0. The van der Waals surface area contributed by atoms with Gasteiger partial charge in [0.1, 0.15) is 0 Å². The largest absolute Gasteiger partial charge is 0.325 e. The van der Waals surface area contributed by atoms with Crippen LogP contribution >= 0.6 is 0 Å². The van der Waals surface area contributed by atoms with Crippen LogP contribution in [0.25, 0.3) is 0 Å². The zero-order chi connectivity index (χ0) is 11.3. The van der Waals surface area contributed by atoms with Gasteiger partial charge >= 0.3 is 0 Å². The van der Waals surface area contributed by atoms with Crippen molar-refractivity contribution in [3.63, 3.8) is 0 Å². The predicted octanol–water partition coefficient (Wildman–Crippen LogP) is 3.72. The molecular weight excluding hydrogens is 182 g/mol. The van der Waals surface area contributed by atoms with Gasteiger partial charge < -0.3 is 5.73 Å². The van der Waals surface area contributed by atoms with Gasteiger partial charge in [0.05, 0.1) is 0 Å². The molecule has 1 atom stereocenters. The number of hydrogen-bond donors (Lipinski definition) is 1. The fourth-order valence-corrected chi connectivity index (χ4v) is 3.50. The second kappa shape index (κ2) is 3.23. The molecule has 0 aromatic carbocycles. The molecule has 0 heterocycles. The highest BCUT2D eigenvalue weighted by Gasteiger charge is 2.55. The molecular formula is C14H27N. The summed E-state index contributed by atoms with van der Waals surface area (Å²) < 4.78 is 0. The standard InChI is InChI=1S/C14H27N/c1-12(2)7-5-6-11(10-12)13(3,4)14(15)8-9-14/h11H,5-10,15H2,1-4H3. The van der Waals surface area contributed by atoms with Crippen LogP contribution in [0.4, 0.5) is 0 Å². The van der Waals surface area contributed by atoms with Crippen LogP contribution in [0.1, 0.15) is 66.2 Å². The lowest BCUT2D eigenvalue weighted by molar-refractivity contribution is 0.0568. The Morgan fingerprint density at radius 1 is 1.13 bits per heavy atom. The molecule has 0 bridgehead atoms. The van der Waals surface area contributed by atoms with Crippen LogP contribution in [0.3, 0.4) is 0 Å². The van der Waals surface area contributed by atoms with Crippen LogP contribution in [0, 0.1) is 16.7 Å². The maximum atomic E-state index is 6.44. The molecule has 2 fully saturated rings. The predicted molar refractivity (Wildman–Crippen MR) is 65.7 cm³/mol. The molecule has 2 saturated carbocycles. The van der Waals surface area contributed by atoms with Gasteiger partial charge in [-0.2, -0.15) is 0 Å². The van der Waals surface area contributed by atoms with E-state index < -0.39 is 0 Å². The fraction of sp³-hybridized carbons (Fsp3) is 1.00. The van der Waals surface area contributed by atoms with Gasteiger partial charge in [-0.05, 0) is 48.9 Å².